The van der Waals surface area contributed by atoms with Crippen molar-refractivity contribution in [3.63, 3.8) is 0 Å². The Labute approximate surface area is 239 Å². The third-order valence-corrected chi connectivity index (χ3v) is 6.57. The largest absolute Gasteiger partial charge is 0.445 e. The third kappa shape index (κ3) is 10.0. The minimum absolute atomic E-state index is 0.0549. The average molecular weight is 566 g/mol. The lowest BCUT2D eigenvalue weighted by Gasteiger charge is -2.23. The Bertz CT molecular complexity index is 1360. The molecule has 11 heteroatoms. The predicted molar refractivity (Wildman–Crippen MR) is 157 cm³/mol. The fourth-order valence-electron chi connectivity index (χ4n) is 4.33. The molecule has 11 nitrogen and oxygen atoms in total. The SMILES string of the molecule is Cc1cc(=O)oc2cc(NC(=O)[C@H](CCCCN)NC(=O)[C@H](CCCCN)NC(=O)OCc3ccccc3)ccc12. The number of alkyl carbamates (subject to hydrolysis) is 1. The zero-order valence-corrected chi connectivity index (χ0v) is 23.3. The van der Waals surface area contributed by atoms with Gasteiger partial charge in [-0.3, -0.25) is 9.59 Å². The monoisotopic (exact) mass is 565 g/mol. The van der Waals surface area contributed by atoms with Crippen LogP contribution in [0.15, 0.2) is 63.8 Å². The summed E-state index contributed by atoms with van der Waals surface area (Å²) in [5.74, 6) is -0.955. The van der Waals surface area contributed by atoms with Crippen LogP contribution in [0.5, 0.6) is 0 Å². The van der Waals surface area contributed by atoms with Crippen molar-refractivity contribution >= 4 is 34.6 Å². The van der Waals surface area contributed by atoms with Crippen LogP contribution in [-0.2, 0) is 20.9 Å². The van der Waals surface area contributed by atoms with Crippen LogP contribution in [0.2, 0.25) is 0 Å². The van der Waals surface area contributed by atoms with Gasteiger partial charge in [0.1, 0.15) is 24.3 Å². The van der Waals surface area contributed by atoms with Gasteiger partial charge in [-0.2, -0.15) is 0 Å². The maximum absolute atomic E-state index is 13.3. The lowest BCUT2D eigenvalue weighted by Crippen LogP contribution is -2.52. The van der Waals surface area contributed by atoms with Gasteiger partial charge in [0.2, 0.25) is 11.8 Å². The number of nitrogens with one attached hydrogen (secondary N) is 3. The molecule has 0 fully saturated rings. The Morgan fingerprint density at radius 3 is 2.17 bits per heavy atom. The van der Waals surface area contributed by atoms with Gasteiger partial charge in [-0.1, -0.05) is 30.3 Å². The number of amides is 3. The Hall–Kier alpha value is -4.22. The molecule has 7 N–H and O–H groups in total. The second-order valence-electron chi connectivity index (χ2n) is 9.84. The molecule has 3 rings (SSSR count). The van der Waals surface area contributed by atoms with Crippen molar-refractivity contribution in [3.05, 3.63) is 76.1 Å². The number of carbonyl (C=O) groups excluding carboxylic acids is 3. The van der Waals surface area contributed by atoms with Gasteiger partial charge in [0.25, 0.3) is 0 Å². The second-order valence-corrected chi connectivity index (χ2v) is 9.84. The normalized spacial score (nSPS) is 12.4. The van der Waals surface area contributed by atoms with Crippen LogP contribution in [0.1, 0.15) is 49.7 Å². The molecule has 1 aromatic heterocycles. The molecule has 41 heavy (non-hydrogen) atoms. The summed E-state index contributed by atoms with van der Waals surface area (Å²) < 4.78 is 10.6. The average Bonchev–Trinajstić information content (AvgIpc) is 2.95. The maximum atomic E-state index is 13.3. The molecule has 2 aromatic carbocycles. The van der Waals surface area contributed by atoms with Crippen molar-refractivity contribution in [2.75, 3.05) is 18.4 Å². The minimum Gasteiger partial charge on any atom is -0.445 e. The molecule has 0 bridgehead atoms. The van der Waals surface area contributed by atoms with Crippen molar-refractivity contribution in [2.24, 2.45) is 11.5 Å². The van der Waals surface area contributed by atoms with E-state index < -0.39 is 35.6 Å². The Morgan fingerprint density at radius 2 is 1.51 bits per heavy atom. The van der Waals surface area contributed by atoms with Crippen molar-refractivity contribution in [1.29, 1.82) is 0 Å². The molecule has 0 aliphatic carbocycles. The van der Waals surface area contributed by atoms with E-state index in [1.54, 1.807) is 25.1 Å². The Kier molecular flexibility index (Phi) is 12.3. The number of anilines is 1. The summed E-state index contributed by atoms with van der Waals surface area (Å²) >= 11 is 0. The van der Waals surface area contributed by atoms with E-state index in [9.17, 15) is 19.2 Å². The van der Waals surface area contributed by atoms with Gasteiger partial charge >= 0.3 is 11.7 Å². The first-order chi connectivity index (χ1) is 19.8. The summed E-state index contributed by atoms with van der Waals surface area (Å²) in [6.07, 6.45) is 2.46. The van der Waals surface area contributed by atoms with E-state index in [0.29, 0.717) is 62.9 Å². The van der Waals surface area contributed by atoms with Gasteiger partial charge in [0, 0.05) is 23.2 Å². The summed E-state index contributed by atoms with van der Waals surface area (Å²) in [6.45, 7) is 2.75. The van der Waals surface area contributed by atoms with Gasteiger partial charge in [-0.25, -0.2) is 9.59 Å². The maximum Gasteiger partial charge on any atom is 0.408 e. The highest BCUT2D eigenvalue weighted by Crippen LogP contribution is 2.21. The number of unbranched alkanes of at least 4 members (excludes halogenated alkanes) is 2. The molecule has 3 amide bonds. The number of hydrogen-bond donors (Lipinski definition) is 5. The Morgan fingerprint density at radius 1 is 0.854 bits per heavy atom. The molecule has 2 atom stereocenters. The number of ether oxygens (including phenoxy) is 1. The highest BCUT2D eigenvalue weighted by atomic mass is 16.5. The lowest BCUT2D eigenvalue weighted by molar-refractivity contribution is -0.128. The molecule has 220 valence electrons. The van der Waals surface area contributed by atoms with Crippen molar-refractivity contribution < 1.29 is 23.5 Å². The number of fused-ring (bicyclic) bond motifs is 1. The first kappa shape index (κ1) is 31.3. The van der Waals surface area contributed by atoms with Crippen LogP contribution in [0, 0.1) is 6.92 Å². The molecular weight excluding hydrogens is 526 g/mol. The van der Waals surface area contributed by atoms with E-state index in [2.05, 4.69) is 16.0 Å². The molecule has 0 aliphatic heterocycles. The molecule has 0 aliphatic rings. The predicted octanol–water partition coefficient (Wildman–Crippen LogP) is 3.08. The molecular formula is C30H39N5O6. The van der Waals surface area contributed by atoms with Crippen molar-refractivity contribution in [2.45, 2.75) is 64.1 Å². The molecule has 3 aromatic rings. The number of nitrogens with two attached hydrogens (primary N) is 2. The molecule has 0 saturated heterocycles. The zero-order chi connectivity index (χ0) is 29.6. The fraction of sp³-hybridized carbons (Fsp3) is 0.400. The standard InChI is InChI=1S/C30H39N5O6/c1-20-17-27(36)41-26-18-22(13-14-23(20)26)33-28(37)24(11-5-7-15-31)34-29(38)25(12-6-8-16-32)35-30(39)40-19-21-9-3-2-4-10-21/h2-4,9-10,13-14,17-18,24-25H,5-8,11-12,15-16,19,31-32H2,1H3,(H,33,37)(H,34,38)(H,35,39)/t24-,25-/m0/s1. The molecule has 0 radical (unpaired) electrons. The number of carbonyl (C=O) groups is 3. The topological polar surface area (TPSA) is 179 Å². The molecule has 0 saturated carbocycles. The van der Waals surface area contributed by atoms with Crippen molar-refractivity contribution in [3.8, 4) is 0 Å². The van der Waals surface area contributed by atoms with Crippen LogP contribution < -0.4 is 33.0 Å². The summed E-state index contributed by atoms with van der Waals surface area (Å²) in [5, 5.41) is 8.97. The first-order valence-corrected chi connectivity index (χ1v) is 13.8. The van der Waals surface area contributed by atoms with Gasteiger partial charge in [-0.15, -0.1) is 0 Å². The van der Waals surface area contributed by atoms with E-state index in [0.717, 1.165) is 16.5 Å². The van der Waals surface area contributed by atoms with E-state index in [1.165, 1.54) is 6.07 Å². The van der Waals surface area contributed by atoms with Crippen LogP contribution in [0.4, 0.5) is 10.5 Å². The van der Waals surface area contributed by atoms with Crippen LogP contribution in [-0.4, -0.2) is 43.1 Å². The summed E-state index contributed by atoms with van der Waals surface area (Å²) in [6, 6.07) is 13.8. The van der Waals surface area contributed by atoms with Crippen LogP contribution >= 0.6 is 0 Å². The van der Waals surface area contributed by atoms with E-state index in [1.807, 2.05) is 30.3 Å². The lowest BCUT2D eigenvalue weighted by atomic mass is 10.1. The van der Waals surface area contributed by atoms with Crippen LogP contribution in [0.3, 0.4) is 0 Å². The fourth-order valence-corrected chi connectivity index (χ4v) is 4.33. The van der Waals surface area contributed by atoms with Gasteiger partial charge in [0.05, 0.1) is 0 Å². The summed E-state index contributed by atoms with van der Waals surface area (Å²) in [5.41, 5.74) is 13.1. The van der Waals surface area contributed by atoms with Gasteiger partial charge in [-0.05, 0) is 81.8 Å². The third-order valence-electron chi connectivity index (χ3n) is 6.57. The number of hydrogen-bond acceptors (Lipinski definition) is 8. The smallest absolute Gasteiger partial charge is 0.408 e. The number of rotatable bonds is 15. The first-order valence-electron chi connectivity index (χ1n) is 13.8. The number of aryl methyl sites for hydroxylation is 1. The van der Waals surface area contributed by atoms with Gasteiger partial charge in [0.15, 0.2) is 0 Å². The highest BCUT2D eigenvalue weighted by Gasteiger charge is 2.27. The van der Waals surface area contributed by atoms with Gasteiger partial charge < -0.3 is 36.6 Å². The van der Waals surface area contributed by atoms with E-state index in [-0.39, 0.29) is 6.61 Å². The molecule has 0 spiro atoms. The van der Waals surface area contributed by atoms with Crippen LogP contribution in [0.25, 0.3) is 11.0 Å². The van der Waals surface area contributed by atoms with Crippen molar-refractivity contribution in [1.82, 2.24) is 10.6 Å². The van der Waals surface area contributed by atoms with E-state index >= 15 is 0 Å². The second kappa shape index (κ2) is 16.1. The summed E-state index contributed by atoms with van der Waals surface area (Å²) in [4.78, 5) is 51.0. The Balaban J connectivity index is 1.70. The quantitative estimate of drug-likeness (QED) is 0.138. The zero-order valence-electron chi connectivity index (χ0n) is 23.3. The summed E-state index contributed by atoms with van der Waals surface area (Å²) in [7, 11) is 0. The van der Waals surface area contributed by atoms with E-state index in [4.69, 9.17) is 20.6 Å². The molecule has 0 unspecified atom stereocenters. The highest BCUT2D eigenvalue weighted by molar-refractivity contribution is 5.99. The minimum atomic E-state index is -0.924. The number of benzene rings is 2. The molecule has 1 heterocycles.